The van der Waals surface area contributed by atoms with Crippen molar-refractivity contribution >= 4 is 16.6 Å². The van der Waals surface area contributed by atoms with Crippen molar-refractivity contribution in [3.8, 4) is 0 Å². The van der Waals surface area contributed by atoms with Gasteiger partial charge in [0.15, 0.2) is 5.78 Å². The van der Waals surface area contributed by atoms with Gasteiger partial charge >= 0.3 is 0 Å². The Balaban J connectivity index is 2.26. The first-order chi connectivity index (χ1) is 8.33. The summed E-state index contributed by atoms with van der Waals surface area (Å²) in [5, 5.41) is 5.25. The molecule has 0 fully saturated rings. The Morgan fingerprint density at radius 3 is 2.71 bits per heavy atom. The molecule has 0 aliphatic heterocycles. The highest BCUT2D eigenvalue weighted by Gasteiger charge is 2.08. The summed E-state index contributed by atoms with van der Waals surface area (Å²) in [5.74, 6) is 0.233. The number of Topliss-reactive ketones (excluding diaryl/α,β-unsaturated/α-hetero) is 1. The van der Waals surface area contributed by atoms with Gasteiger partial charge in [-0.2, -0.15) is 0 Å². The third-order valence-corrected chi connectivity index (χ3v) is 2.92. The molecule has 0 amide bonds. The van der Waals surface area contributed by atoms with Crippen LogP contribution < -0.4 is 5.32 Å². The normalized spacial score (nSPS) is 10.6. The fourth-order valence-corrected chi connectivity index (χ4v) is 2.03. The van der Waals surface area contributed by atoms with Crippen molar-refractivity contribution in [1.82, 2.24) is 5.32 Å². The number of nitrogens with one attached hydrogen (secondary N) is 1. The third kappa shape index (κ3) is 2.71. The molecule has 0 saturated carbocycles. The SMILES string of the molecule is CNCCCC(=O)c1cccc2ccccc12. The van der Waals surface area contributed by atoms with Gasteiger partial charge in [-0.05, 0) is 30.8 Å². The summed E-state index contributed by atoms with van der Waals surface area (Å²) in [6.07, 6.45) is 1.49. The molecule has 2 aromatic rings. The van der Waals surface area contributed by atoms with Crippen molar-refractivity contribution in [3.05, 3.63) is 48.0 Å². The number of hydrogen-bond donors (Lipinski definition) is 1. The quantitative estimate of drug-likeness (QED) is 0.628. The van der Waals surface area contributed by atoms with Crippen molar-refractivity contribution in [1.29, 1.82) is 0 Å². The minimum atomic E-state index is 0.233. The zero-order chi connectivity index (χ0) is 12.1. The van der Waals surface area contributed by atoms with Crippen LogP contribution >= 0.6 is 0 Å². The summed E-state index contributed by atoms with van der Waals surface area (Å²) in [6, 6.07) is 13.9. The molecule has 0 spiro atoms. The van der Waals surface area contributed by atoms with Crippen molar-refractivity contribution < 1.29 is 4.79 Å². The van der Waals surface area contributed by atoms with Crippen molar-refractivity contribution in [2.45, 2.75) is 12.8 Å². The molecule has 0 bridgehead atoms. The van der Waals surface area contributed by atoms with Gasteiger partial charge in [-0.15, -0.1) is 0 Å². The topological polar surface area (TPSA) is 29.1 Å². The van der Waals surface area contributed by atoms with Crippen LogP contribution in [0.2, 0.25) is 0 Å². The van der Waals surface area contributed by atoms with Crippen LogP contribution in [0.5, 0.6) is 0 Å². The molecule has 2 aromatic carbocycles. The van der Waals surface area contributed by atoms with Gasteiger partial charge in [-0.3, -0.25) is 4.79 Å². The van der Waals surface area contributed by atoms with Gasteiger partial charge in [-0.1, -0.05) is 42.5 Å². The third-order valence-electron chi connectivity index (χ3n) is 2.92. The van der Waals surface area contributed by atoms with Crippen molar-refractivity contribution in [3.63, 3.8) is 0 Å². The van der Waals surface area contributed by atoms with E-state index in [2.05, 4.69) is 5.32 Å². The minimum Gasteiger partial charge on any atom is -0.320 e. The predicted octanol–water partition coefficient (Wildman–Crippen LogP) is 3.02. The maximum atomic E-state index is 12.1. The average Bonchev–Trinajstić information content (AvgIpc) is 2.38. The molecule has 0 aliphatic carbocycles. The first kappa shape index (κ1) is 11.8. The smallest absolute Gasteiger partial charge is 0.163 e. The Kier molecular flexibility index (Phi) is 3.89. The fourth-order valence-electron chi connectivity index (χ4n) is 2.03. The number of carbonyl (C=O) groups is 1. The molecule has 0 heterocycles. The van der Waals surface area contributed by atoms with Crippen molar-refractivity contribution in [2.24, 2.45) is 0 Å². The van der Waals surface area contributed by atoms with Crippen LogP contribution in [0, 0.1) is 0 Å². The van der Waals surface area contributed by atoms with E-state index in [1.807, 2.05) is 49.5 Å². The zero-order valence-corrected chi connectivity index (χ0v) is 10.1. The van der Waals surface area contributed by atoms with E-state index in [0.717, 1.165) is 29.3 Å². The molecule has 0 unspecified atom stereocenters. The van der Waals surface area contributed by atoms with Gasteiger partial charge < -0.3 is 5.32 Å². The number of carbonyl (C=O) groups excluding carboxylic acids is 1. The van der Waals surface area contributed by atoms with E-state index in [0.29, 0.717) is 6.42 Å². The Morgan fingerprint density at radius 1 is 1.12 bits per heavy atom. The monoisotopic (exact) mass is 227 g/mol. The molecular formula is C15H17NO. The molecular weight excluding hydrogens is 210 g/mol. The maximum absolute atomic E-state index is 12.1. The standard InChI is InChI=1S/C15H17NO/c1-16-11-5-10-15(17)14-9-4-7-12-6-2-3-8-13(12)14/h2-4,6-9,16H,5,10-11H2,1H3. The van der Waals surface area contributed by atoms with E-state index in [-0.39, 0.29) is 5.78 Å². The van der Waals surface area contributed by atoms with Crippen LogP contribution in [-0.2, 0) is 0 Å². The van der Waals surface area contributed by atoms with Gasteiger partial charge in [0.1, 0.15) is 0 Å². The summed E-state index contributed by atoms with van der Waals surface area (Å²) in [6.45, 7) is 0.885. The van der Waals surface area contributed by atoms with E-state index in [1.165, 1.54) is 0 Å². The second-order valence-electron chi connectivity index (χ2n) is 4.16. The number of ketones is 1. The highest BCUT2D eigenvalue weighted by Crippen LogP contribution is 2.20. The molecule has 17 heavy (non-hydrogen) atoms. The lowest BCUT2D eigenvalue weighted by Crippen LogP contribution is -2.10. The molecule has 2 rings (SSSR count). The number of fused-ring (bicyclic) bond motifs is 1. The lowest BCUT2D eigenvalue weighted by Gasteiger charge is -2.05. The number of benzene rings is 2. The summed E-state index contributed by atoms with van der Waals surface area (Å²) in [5.41, 5.74) is 0.846. The van der Waals surface area contributed by atoms with Gasteiger partial charge in [-0.25, -0.2) is 0 Å². The minimum absolute atomic E-state index is 0.233. The lowest BCUT2D eigenvalue weighted by molar-refractivity contribution is 0.0982. The van der Waals surface area contributed by atoms with Gasteiger partial charge in [0, 0.05) is 12.0 Å². The molecule has 0 aromatic heterocycles. The highest BCUT2D eigenvalue weighted by molar-refractivity contribution is 6.08. The van der Waals surface area contributed by atoms with Gasteiger partial charge in [0.05, 0.1) is 0 Å². The Hall–Kier alpha value is -1.67. The highest BCUT2D eigenvalue weighted by atomic mass is 16.1. The Labute approximate surface area is 102 Å². The molecule has 0 aliphatic rings. The van der Waals surface area contributed by atoms with Crippen LogP contribution in [0.15, 0.2) is 42.5 Å². The molecule has 0 saturated heterocycles. The maximum Gasteiger partial charge on any atom is 0.163 e. The number of hydrogen-bond acceptors (Lipinski definition) is 2. The fraction of sp³-hybridized carbons (Fsp3) is 0.267. The molecule has 0 radical (unpaired) electrons. The first-order valence-electron chi connectivity index (χ1n) is 5.98. The molecule has 88 valence electrons. The largest absolute Gasteiger partial charge is 0.320 e. The average molecular weight is 227 g/mol. The molecule has 2 nitrogen and oxygen atoms in total. The molecule has 1 N–H and O–H groups in total. The number of rotatable bonds is 5. The van der Waals surface area contributed by atoms with Crippen LogP contribution in [0.4, 0.5) is 0 Å². The summed E-state index contributed by atoms with van der Waals surface area (Å²) in [7, 11) is 1.91. The van der Waals surface area contributed by atoms with Gasteiger partial charge in [0.2, 0.25) is 0 Å². The van der Waals surface area contributed by atoms with Crippen LogP contribution in [-0.4, -0.2) is 19.4 Å². The molecule has 0 atom stereocenters. The van der Waals surface area contributed by atoms with E-state index < -0.39 is 0 Å². The summed E-state index contributed by atoms with van der Waals surface area (Å²) >= 11 is 0. The molecule has 2 heteroatoms. The summed E-state index contributed by atoms with van der Waals surface area (Å²) in [4.78, 5) is 12.1. The van der Waals surface area contributed by atoms with Crippen LogP contribution in [0.25, 0.3) is 10.8 Å². The van der Waals surface area contributed by atoms with E-state index in [1.54, 1.807) is 0 Å². The second kappa shape index (κ2) is 5.60. The van der Waals surface area contributed by atoms with E-state index in [9.17, 15) is 4.79 Å². The first-order valence-corrected chi connectivity index (χ1v) is 5.98. The van der Waals surface area contributed by atoms with E-state index >= 15 is 0 Å². The predicted molar refractivity (Wildman–Crippen MR) is 71.4 cm³/mol. The Bertz CT molecular complexity index is 514. The van der Waals surface area contributed by atoms with Crippen LogP contribution in [0.1, 0.15) is 23.2 Å². The lowest BCUT2D eigenvalue weighted by atomic mass is 9.99. The summed E-state index contributed by atoms with van der Waals surface area (Å²) < 4.78 is 0. The van der Waals surface area contributed by atoms with Gasteiger partial charge in [0.25, 0.3) is 0 Å². The van der Waals surface area contributed by atoms with Crippen LogP contribution in [0.3, 0.4) is 0 Å². The Morgan fingerprint density at radius 2 is 1.88 bits per heavy atom. The van der Waals surface area contributed by atoms with E-state index in [4.69, 9.17) is 0 Å². The second-order valence-corrected chi connectivity index (χ2v) is 4.16. The van der Waals surface area contributed by atoms with Crippen molar-refractivity contribution in [2.75, 3.05) is 13.6 Å². The zero-order valence-electron chi connectivity index (χ0n) is 10.1.